The highest BCUT2D eigenvalue weighted by molar-refractivity contribution is 5.79. The fraction of sp³-hybridized carbons (Fsp3) is 0.947. The van der Waals surface area contributed by atoms with Crippen molar-refractivity contribution in [2.45, 2.75) is 71.7 Å². The summed E-state index contributed by atoms with van der Waals surface area (Å²) in [6.07, 6.45) is 2.84. The van der Waals surface area contributed by atoms with Gasteiger partial charge >= 0.3 is 0 Å². The van der Waals surface area contributed by atoms with E-state index in [-0.39, 0.29) is 6.10 Å². The standard InChI is InChI=1S/C19H39N5O/c1-6-20-19(21-9-11-24(15(2)3)16(4)5)22-12-18-13-23-10-7-8-17(23)14-25-18/h15-18H,6-14H2,1-5H3,(H2,20,21,22). The van der Waals surface area contributed by atoms with E-state index in [0.29, 0.717) is 18.1 Å². The van der Waals surface area contributed by atoms with Gasteiger partial charge in [0.05, 0.1) is 19.3 Å². The first-order chi connectivity index (χ1) is 12.0. The fourth-order valence-electron chi connectivity index (χ4n) is 3.95. The molecule has 0 aliphatic carbocycles. The van der Waals surface area contributed by atoms with Crippen molar-refractivity contribution in [1.29, 1.82) is 0 Å². The maximum atomic E-state index is 6.01. The lowest BCUT2D eigenvalue weighted by Crippen LogP contribution is -2.48. The average Bonchev–Trinajstić information content (AvgIpc) is 3.03. The second kappa shape index (κ2) is 10.3. The molecule has 0 aromatic heterocycles. The van der Waals surface area contributed by atoms with E-state index in [4.69, 9.17) is 9.73 Å². The van der Waals surface area contributed by atoms with Gasteiger partial charge in [0.1, 0.15) is 0 Å². The Morgan fingerprint density at radius 2 is 2.00 bits per heavy atom. The molecular weight excluding hydrogens is 314 g/mol. The Morgan fingerprint density at radius 3 is 2.68 bits per heavy atom. The minimum absolute atomic E-state index is 0.229. The number of hydrogen-bond acceptors (Lipinski definition) is 4. The van der Waals surface area contributed by atoms with Gasteiger partial charge in [0.2, 0.25) is 0 Å². The van der Waals surface area contributed by atoms with Gasteiger partial charge < -0.3 is 15.4 Å². The predicted molar refractivity (Wildman–Crippen MR) is 105 cm³/mol. The van der Waals surface area contributed by atoms with Crippen LogP contribution < -0.4 is 10.6 Å². The van der Waals surface area contributed by atoms with E-state index >= 15 is 0 Å². The van der Waals surface area contributed by atoms with Crippen molar-refractivity contribution in [3.63, 3.8) is 0 Å². The molecule has 2 aliphatic heterocycles. The lowest BCUT2D eigenvalue weighted by molar-refractivity contribution is -0.0432. The molecule has 2 aliphatic rings. The summed E-state index contributed by atoms with van der Waals surface area (Å²) in [7, 11) is 0. The molecule has 2 saturated heterocycles. The Kier molecular flexibility index (Phi) is 8.46. The van der Waals surface area contributed by atoms with E-state index in [9.17, 15) is 0 Å². The Balaban J connectivity index is 1.77. The van der Waals surface area contributed by atoms with Crippen LogP contribution in [0.25, 0.3) is 0 Å². The molecule has 2 unspecified atom stereocenters. The number of morpholine rings is 1. The highest BCUT2D eigenvalue weighted by atomic mass is 16.5. The molecule has 2 N–H and O–H groups in total. The van der Waals surface area contributed by atoms with Crippen molar-refractivity contribution in [1.82, 2.24) is 20.4 Å². The van der Waals surface area contributed by atoms with Crippen LogP contribution in [0.2, 0.25) is 0 Å². The smallest absolute Gasteiger partial charge is 0.191 e. The van der Waals surface area contributed by atoms with Crippen molar-refractivity contribution in [2.24, 2.45) is 4.99 Å². The molecule has 0 spiro atoms. The van der Waals surface area contributed by atoms with Crippen LogP contribution in [-0.4, -0.2) is 85.9 Å². The Hall–Kier alpha value is -0.850. The van der Waals surface area contributed by atoms with Gasteiger partial charge in [-0.2, -0.15) is 0 Å². The highest BCUT2D eigenvalue weighted by Gasteiger charge is 2.31. The van der Waals surface area contributed by atoms with Crippen LogP contribution >= 0.6 is 0 Å². The fourth-order valence-corrected chi connectivity index (χ4v) is 3.95. The van der Waals surface area contributed by atoms with E-state index < -0.39 is 0 Å². The first-order valence-electron chi connectivity index (χ1n) is 10.1. The third-order valence-corrected chi connectivity index (χ3v) is 5.25. The van der Waals surface area contributed by atoms with Gasteiger partial charge in [0.25, 0.3) is 0 Å². The number of nitrogens with one attached hydrogen (secondary N) is 2. The molecule has 2 heterocycles. The van der Waals surface area contributed by atoms with E-state index in [1.165, 1.54) is 19.4 Å². The molecular formula is C19H39N5O. The van der Waals surface area contributed by atoms with Crippen molar-refractivity contribution in [2.75, 3.05) is 45.9 Å². The van der Waals surface area contributed by atoms with Crippen LogP contribution in [0.1, 0.15) is 47.5 Å². The second-order valence-corrected chi connectivity index (χ2v) is 7.82. The SMILES string of the molecule is CCNC(=NCC1CN2CCCC2CO1)NCCN(C(C)C)C(C)C. The van der Waals surface area contributed by atoms with E-state index in [0.717, 1.165) is 45.3 Å². The van der Waals surface area contributed by atoms with E-state index in [1.54, 1.807) is 0 Å². The summed E-state index contributed by atoms with van der Waals surface area (Å²) in [6.45, 7) is 17.8. The van der Waals surface area contributed by atoms with Crippen LogP contribution in [0.15, 0.2) is 4.99 Å². The predicted octanol–water partition coefficient (Wildman–Crippen LogP) is 1.52. The summed E-state index contributed by atoms with van der Waals surface area (Å²) >= 11 is 0. The highest BCUT2D eigenvalue weighted by Crippen LogP contribution is 2.22. The molecule has 0 bridgehead atoms. The molecule has 0 amide bonds. The van der Waals surface area contributed by atoms with Gasteiger partial charge in [0, 0.05) is 44.3 Å². The zero-order chi connectivity index (χ0) is 18.2. The van der Waals surface area contributed by atoms with Crippen molar-refractivity contribution in [3.05, 3.63) is 0 Å². The van der Waals surface area contributed by atoms with Gasteiger partial charge in [-0.15, -0.1) is 0 Å². The molecule has 6 heteroatoms. The Bertz CT molecular complexity index is 405. The van der Waals surface area contributed by atoms with Crippen LogP contribution in [0.5, 0.6) is 0 Å². The molecule has 2 fully saturated rings. The van der Waals surface area contributed by atoms with Gasteiger partial charge in [-0.1, -0.05) is 0 Å². The molecule has 0 radical (unpaired) electrons. The van der Waals surface area contributed by atoms with Gasteiger partial charge in [-0.25, -0.2) is 0 Å². The molecule has 0 saturated carbocycles. The summed E-state index contributed by atoms with van der Waals surface area (Å²) in [5.41, 5.74) is 0. The number of hydrogen-bond donors (Lipinski definition) is 2. The van der Waals surface area contributed by atoms with Gasteiger partial charge in [-0.3, -0.25) is 14.8 Å². The maximum absolute atomic E-state index is 6.01. The van der Waals surface area contributed by atoms with Crippen LogP contribution in [0.3, 0.4) is 0 Å². The summed E-state index contributed by atoms with van der Waals surface area (Å²) in [4.78, 5) is 9.83. The zero-order valence-electron chi connectivity index (χ0n) is 16.9. The third-order valence-electron chi connectivity index (χ3n) is 5.25. The Morgan fingerprint density at radius 1 is 1.24 bits per heavy atom. The van der Waals surface area contributed by atoms with E-state index in [2.05, 4.69) is 55.1 Å². The first kappa shape index (κ1) is 20.5. The van der Waals surface area contributed by atoms with Crippen molar-refractivity contribution >= 4 is 5.96 Å². The summed E-state index contributed by atoms with van der Waals surface area (Å²) in [6, 6.07) is 1.78. The topological polar surface area (TPSA) is 52.1 Å². The number of aliphatic imine (C=N–C) groups is 1. The van der Waals surface area contributed by atoms with E-state index in [1.807, 2.05) is 0 Å². The largest absolute Gasteiger partial charge is 0.373 e. The quantitative estimate of drug-likeness (QED) is 0.512. The number of fused-ring (bicyclic) bond motifs is 1. The number of nitrogens with zero attached hydrogens (tertiary/aromatic N) is 3. The molecule has 0 aromatic rings. The van der Waals surface area contributed by atoms with Gasteiger partial charge in [-0.05, 0) is 54.0 Å². The maximum Gasteiger partial charge on any atom is 0.191 e. The molecule has 2 atom stereocenters. The monoisotopic (exact) mass is 353 g/mol. The third kappa shape index (κ3) is 6.42. The van der Waals surface area contributed by atoms with Crippen LogP contribution in [-0.2, 0) is 4.74 Å². The summed E-state index contributed by atoms with van der Waals surface area (Å²) in [5, 5.41) is 6.83. The second-order valence-electron chi connectivity index (χ2n) is 7.82. The Labute approximate surface area is 154 Å². The average molecular weight is 354 g/mol. The minimum Gasteiger partial charge on any atom is -0.373 e. The number of guanidine groups is 1. The van der Waals surface area contributed by atoms with Crippen molar-refractivity contribution < 1.29 is 4.74 Å². The molecule has 25 heavy (non-hydrogen) atoms. The van der Waals surface area contributed by atoms with Crippen LogP contribution in [0.4, 0.5) is 0 Å². The normalized spacial score (nSPS) is 25.0. The number of ether oxygens (including phenoxy) is 1. The molecule has 6 nitrogen and oxygen atoms in total. The summed E-state index contributed by atoms with van der Waals surface area (Å²) in [5.74, 6) is 0.905. The minimum atomic E-state index is 0.229. The summed E-state index contributed by atoms with van der Waals surface area (Å²) < 4.78 is 6.01. The van der Waals surface area contributed by atoms with Crippen LogP contribution in [0, 0.1) is 0 Å². The molecule has 146 valence electrons. The van der Waals surface area contributed by atoms with Gasteiger partial charge in [0.15, 0.2) is 5.96 Å². The van der Waals surface area contributed by atoms with Crippen molar-refractivity contribution in [3.8, 4) is 0 Å². The lowest BCUT2D eigenvalue weighted by atomic mass is 10.2. The lowest BCUT2D eigenvalue weighted by Gasteiger charge is -2.34. The molecule has 0 aromatic carbocycles. The first-order valence-corrected chi connectivity index (χ1v) is 10.1. The zero-order valence-corrected chi connectivity index (χ0v) is 16.9. The molecule has 2 rings (SSSR count). The number of rotatable bonds is 8.